The Balaban J connectivity index is 2.24. The molecule has 0 unspecified atom stereocenters. The second kappa shape index (κ2) is 5.82. The molecule has 4 nitrogen and oxygen atoms in total. The van der Waals surface area contributed by atoms with E-state index in [9.17, 15) is 10.2 Å². The van der Waals surface area contributed by atoms with Crippen LogP contribution < -0.4 is 5.32 Å². The van der Waals surface area contributed by atoms with Crippen molar-refractivity contribution in [3.05, 3.63) is 28.2 Å². The van der Waals surface area contributed by atoms with Crippen molar-refractivity contribution in [2.24, 2.45) is 0 Å². The van der Waals surface area contributed by atoms with Gasteiger partial charge in [-0.25, -0.2) is 0 Å². The lowest BCUT2D eigenvalue weighted by Gasteiger charge is -2.34. The average Bonchev–Trinajstić information content (AvgIpc) is 2.36. The number of nitrogens with zero attached hydrogens (tertiary/aromatic N) is 1. The molecule has 1 fully saturated rings. The SMILES string of the molecule is OC[C@@H](c1cc(Br)ccc1O)N1CCNCC1. The van der Waals surface area contributed by atoms with Gasteiger partial charge in [0.2, 0.25) is 0 Å². The van der Waals surface area contributed by atoms with E-state index in [1.165, 1.54) is 0 Å². The zero-order valence-electron chi connectivity index (χ0n) is 9.56. The summed E-state index contributed by atoms with van der Waals surface area (Å²) in [6.07, 6.45) is 0. The number of nitrogens with one attached hydrogen (secondary N) is 1. The summed E-state index contributed by atoms with van der Waals surface area (Å²) in [6.45, 7) is 3.63. The lowest BCUT2D eigenvalue weighted by atomic mass is 10.0. The lowest BCUT2D eigenvalue weighted by molar-refractivity contribution is 0.109. The Labute approximate surface area is 109 Å². The van der Waals surface area contributed by atoms with E-state index in [1.807, 2.05) is 6.07 Å². The Morgan fingerprint density at radius 3 is 2.71 bits per heavy atom. The molecule has 0 radical (unpaired) electrons. The first-order valence-electron chi connectivity index (χ1n) is 5.76. The molecule has 94 valence electrons. The van der Waals surface area contributed by atoms with Crippen LogP contribution in [0, 0.1) is 0 Å². The molecule has 1 heterocycles. The summed E-state index contributed by atoms with van der Waals surface area (Å²) in [7, 11) is 0. The van der Waals surface area contributed by atoms with Gasteiger partial charge in [0.25, 0.3) is 0 Å². The molecule has 1 aromatic carbocycles. The van der Waals surface area contributed by atoms with Gasteiger partial charge in [-0.3, -0.25) is 4.90 Å². The van der Waals surface area contributed by atoms with E-state index in [0.29, 0.717) is 0 Å². The number of phenolic OH excluding ortho intramolecular Hbond substituents is 1. The summed E-state index contributed by atoms with van der Waals surface area (Å²) < 4.78 is 0.916. The fourth-order valence-electron chi connectivity index (χ4n) is 2.20. The highest BCUT2D eigenvalue weighted by Gasteiger charge is 2.23. The number of hydrogen-bond donors (Lipinski definition) is 3. The minimum atomic E-state index is -0.130. The third-order valence-corrected chi connectivity index (χ3v) is 3.61. The van der Waals surface area contributed by atoms with Gasteiger partial charge in [-0.15, -0.1) is 0 Å². The van der Waals surface area contributed by atoms with Crippen LogP contribution >= 0.6 is 15.9 Å². The van der Waals surface area contributed by atoms with Gasteiger partial charge < -0.3 is 15.5 Å². The average molecular weight is 301 g/mol. The number of rotatable bonds is 3. The van der Waals surface area contributed by atoms with E-state index in [4.69, 9.17) is 0 Å². The number of piperazine rings is 1. The number of phenols is 1. The summed E-state index contributed by atoms with van der Waals surface area (Å²) in [5.74, 6) is 0.241. The Morgan fingerprint density at radius 2 is 2.06 bits per heavy atom. The Kier molecular flexibility index (Phi) is 4.39. The molecule has 5 heteroatoms. The quantitative estimate of drug-likeness (QED) is 0.782. The predicted molar refractivity (Wildman–Crippen MR) is 70.1 cm³/mol. The molecule has 17 heavy (non-hydrogen) atoms. The fraction of sp³-hybridized carbons (Fsp3) is 0.500. The van der Waals surface area contributed by atoms with Gasteiger partial charge in [0.1, 0.15) is 5.75 Å². The van der Waals surface area contributed by atoms with Crippen molar-refractivity contribution < 1.29 is 10.2 Å². The summed E-state index contributed by atoms with van der Waals surface area (Å²) in [5.41, 5.74) is 0.781. The van der Waals surface area contributed by atoms with Crippen LogP contribution in [0.5, 0.6) is 5.75 Å². The summed E-state index contributed by atoms with van der Waals surface area (Å²) in [6, 6.07) is 5.20. The van der Waals surface area contributed by atoms with Gasteiger partial charge in [0, 0.05) is 36.2 Å². The number of hydrogen-bond acceptors (Lipinski definition) is 4. The zero-order valence-corrected chi connectivity index (χ0v) is 11.2. The molecule has 0 saturated carbocycles. The van der Waals surface area contributed by atoms with E-state index < -0.39 is 0 Å². The summed E-state index contributed by atoms with van der Waals surface area (Å²) >= 11 is 3.39. The minimum absolute atomic E-state index is 0.0179. The number of aliphatic hydroxyl groups excluding tert-OH is 1. The van der Waals surface area contributed by atoms with E-state index in [1.54, 1.807) is 12.1 Å². The number of benzene rings is 1. The highest BCUT2D eigenvalue weighted by molar-refractivity contribution is 9.10. The van der Waals surface area contributed by atoms with Crippen LogP contribution in [0.4, 0.5) is 0 Å². The van der Waals surface area contributed by atoms with Gasteiger partial charge in [0.15, 0.2) is 0 Å². The molecule has 1 aliphatic heterocycles. The maximum absolute atomic E-state index is 9.89. The molecule has 1 aliphatic rings. The van der Waals surface area contributed by atoms with Crippen molar-refractivity contribution in [1.29, 1.82) is 0 Å². The van der Waals surface area contributed by atoms with Gasteiger partial charge in [-0.2, -0.15) is 0 Å². The van der Waals surface area contributed by atoms with Crippen molar-refractivity contribution in [3.8, 4) is 5.75 Å². The number of aliphatic hydroxyl groups is 1. The fourth-order valence-corrected chi connectivity index (χ4v) is 2.58. The second-order valence-electron chi connectivity index (χ2n) is 4.19. The molecule has 0 amide bonds. The van der Waals surface area contributed by atoms with Gasteiger partial charge >= 0.3 is 0 Å². The molecule has 1 saturated heterocycles. The summed E-state index contributed by atoms with van der Waals surface area (Å²) in [4.78, 5) is 2.19. The predicted octanol–water partition coefficient (Wildman–Crippen LogP) is 1.09. The number of halogens is 1. The van der Waals surface area contributed by atoms with Crippen LogP contribution in [0.15, 0.2) is 22.7 Å². The van der Waals surface area contributed by atoms with Crippen LogP contribution in [-0.4, -0.2) is 47.9 Å². The minimum Gasteiger partial charge on any atom is -0.508 e. The molecule has 3 N–H and O–H groups in total. The normalized spacial score (nSPS) is 19.2. The molecule has 0 bridgehead atoms. The van der Waals surface area contributed by atoms with Gasteiger partial charge in [-0.1, -0.05) is 15.9 Å². The third kappa shape index (κ3) is 2.98. The first kappa shape index (κ1) is 12.8. The van der Waals surface area contributed by atoms with Crippen LogP contribution in [-0.2, 0) is 0 Å². The molecule has 1 atom stereocenters. The lowest BCUT2D eigenvalue weighted by Crippen LogP contribution is -2.46. The topological polar surface area (TPSA) is 55.7 Å². The first-order chi connectivity index (χ1) is 8.22. The Morgan fingerprint density at radius 1 is 1.35 bits per heavy atom. The highest BCUT2D eigenvalue weighted by Crippen LogP contribution is 2.31. The van der Waals surface area contributed by atoms with E-state index in [2.05, 4.69) is 26.1 Å². The number of aromatic hydroxyl groups is 1. The van der Waals surface area contributed by atoms with E-state index >= 15 is 0 Å². The van der Waals surface area contributed by atoms with Crippen molar-refractivity contribution in [2.75, 3.05) is 32.8 Å². The van der Waals surface area contributed by atoms with E-state index in [0.717, 1.165) is 36.2 Å². The van der Waals surface area contributed by atoms with Crippen molar-refractivity contribution >= 4 is 15.9 Å². The second-order valence-corrected chi connectivity index (χ2v) is 5.10. The van der Waals surface area contributed by atoms with Crippen LogP contribution in [0.25, 0.3) is 0 Å². The Hall–Kier alpha value is -0.620. The highest BCUT2D eigenvalue weighted by atomic mass is 79.9. The van der Waals surface area contributed by atoms with Crippen molar-refractivity contribution in [1.82, 2.24) is 10.2 Å². The zero-order chi connectivity index (χ0) is 12.3. The molecular formula is C12H17BrN2O2. The molecule has 0 aliphatic carbocycles. The molecule has 0 aromatic heterocycles. The standard InChI is InChI=1S/C12H17BrN2O2/c13-9-1-2-12(17)10(7-9)11(8-16)15-5-3-14-4-6-15/h1-2,7,11,14,16-17H,3-6,8H2/t11-/m0/s1. The first-order valence-corrected chi connectivity index (χ1v) is 6.55. The Bertz CT molecular complexity index is 381. The van der Waals surface area contributed by atoms with Crippen LogP contribution in [0.2, 0.25) is 0 Å². The third-order valence-electron chi connectivity index (χ3n) is 3.11. The smallest absolute Gasteiger partial charge is 0.120 e. The van der Waals surface area contributed by atoms with Crippen molar-refractivity contribution in [2.45, 2.75) is 6.04 Å². The largest absolute Gasteiger partial charge is 0.508 e. The van der Waals surface area contributed by atoms with Crippen LogP contribution in [0.1, 0.15) is 11.6 Å². The monoisotopic (exact) mass is 300 g/mol. The molecule has 2 rings (SSSR count). The molecule has 0 spiro atoms. The van der Waals surface area contributed by atoms with Gasteiger partial charge in [-0.05, 0) is 18.2 Å². The molecular weight excluding hydrogens is 284 g/mol. The van der Waals surface area contributed by atoms with Crippen LogP contribution in [0.3, 0.4) is 0 Å². The summed E-state index contributed by atoms with van der Waals surface area (Å²) in [5, 5.41) is 22.7. The maximum atomic E-state index is 9.89. The molecule has 1 aromatic rings. The van der Waals surface area contributed by atoms with E-state index in [-0.39, 0.29) is 18.4 Å². The van der Waals surface area contributed by atoms with Crippen molar-refractivity contribution in [3.63, 3.8) is 0 Å². The van der Waals surface area contributed by atoms with Gasteiger partial charge in [0.05, 0.1) is 12.6 Å². The maximum Gasteiger partial charge on any atom is 0.120 e.